The summed E-state index contributed by atoms with van der Waals surface area (Å²) >= 11 is 0. The Labute approximate surface area is 149 Å². The zero-order chi connectivity index (χ0) is 18.3. The maximum atomic E-state index is 12.7. The minimum absolute atomic E-state index is 0.0215. The first-order chi connectivity index (χ1) is 11.8. The molecule has 0 spiro atoms. The summed E-state index contributed by atoms with van der Waals surface area (Å²) in [5.74, 6) is -0.251. The molecule has 1 aliphatic rings. The van der Waals surface area contributed by atoms with Crippen molar-refractivity contribution in [3.05, 3.63) is 30.1 Å². The smallest absolute Gasteiger partial charge is 0.407 e. The summed E-state index contributed by atoms with van der Waals surface area (Å²) in [5.41, 5.74) is 0.411. The highest BCUT2D eigenvalue weighted by molar-refractivity contribution is 5.80. The van der Waals surface area contributed by atoms with Crippen LogP contribution in [0.5, 0.6) is 0 Å². The van der Waals surface area contributed by atoms with E-state index in [2.05, 4.69) is 15.6 Å². The standard InChI is InChI=1S/C19H29N3O3/c1-19(2,3)25-18(24)22-16-10-6-4-5-9-15(16)17(23)21-13-14-8-7-11-20-12-14/h7-8,11-12,15-16H,4-6,9-10,13H2,1-3H3,(H,21,23)(H,22,24)/t15-,16-/m1/s1. The van der Waals surface area contributed by atoms with Gasteiger partial charge in [-0.3, -0.25) is 9.78 Å². The number of rotatable bonds is 4. The van der Waals surface area contributed by atoms with Crippen LogP contribution in [-0.2, 0) is 16.1 Å². The van der Waals surface area contributed by atoms with Gasteiger partial charge >= 0.3 is 6.09 Å². The quantitative estimate of drug-likeness (QED) is 0.820. The number of nitrogens with zero attached hydrogens (tertiary/aromatic N) is 1. The van der Waals surface area contributed by atoms with Crippen molar-refractivity contribution in [2.75, 3.05) is 0 Å². The number of ether oxygens (including phenoxy) is 1. The molecule has 2 atom stereocenters. The molecule has 0 aromatic carbocycles. The summed E-state index contributed by atoms with van der Waals surface area (Å²) in [6.07, 6.45) is 7.65. The van der Waals surface area contributed by atoms with Crippen LogP contribution in [-0.4, -0.2) is 28.6 Å². The van der Waals surface area contributed by atoms with Gasteiger partial charge in [-0.25, -0.2) is 4.79 Å². The van der Waals surface area contributed by atoms with E-state index in [4.69, 9.17) is 4.74 Å². The van der Waals surface area contributed by atoms with Gasteiger partial charge in [0.2, 0.25) is 5.91 Å². The van der Waals surface area contributed by atoms with Crippen molar-refractivity contribution in [1.29, 1.82) is 0 Å². The lowest BCUT2D eigenvalue weighted by Gasteiger charge is -2.27. The molecule has 2 N–H and O–H groups in total. The molecule has 1 heterocycles. The molecule has 0 bridgehead atoms. The number of hydrogen-bond acceptors (Lipinski definition) is 4. The van der Waals surface area contributed by atoms with E-state index in [1.165, 1.54) is 0 Å². The van der Waals surface area contributed by atoms with Crippen molar-refractivity contribution in [2.45, 2.75) is 71.1 Å². The molecule has 0 aliphatic heterocycles. The predicted octanol–water partition coefficient (Wildman–Crippen LogP) is 3.17. The number of carbonyl (C=O) groups is 2. The van der Waals surface area contributed by atoms with Gasteiger partial charge in [0.1, 0.15) is 5.60 Å². The second-order valence-corrected chi connectivity index (χ2v) is 7.58. The third kappa shape index (κ3) is 6.72. The van der Waals surface area contributed by atoms with E-state index in [1.54, 1.807) is 12.4 Å². The van der Waals surface area contributed by atoms with E-state index in [0.717, 1.165) is 37.7 Å². The Morgan fingerprint density at radius 3 is 2.68 bits per heavy atom. The molecule has 6 heteroatoms. The summed E-state index contributed by atoms with van der Waals surface area (Å²) in [5, 5.41) is 5.89. The van der Waals surface area contributed by atoms with Gasteiger partial charge in [0.05, 0.1) is 5.92 Å². The summed E-state index contributed by atoms with van der Waals surface area (Å²) in [7, 11) is 0. The van der Waals surface area contributed by atoms with Gasteiger partial charge in [0, 0.05) is 25.0 Å². The SMILES string of the molecule is CC(C)(C)OC(=O)N[C@@H]1CCCCC[C@H]1C(=O)NCc1cccnc1. The highest BCUT2D eigenvalue weighted by Gasteiger charge is 2.31. The predicted molar refractivity (Wildman–Crippen MR) is 95.8 cm³/mol. The maximum Gasteiger partial charge on any atom is 0.407 e. The van der Waals surface area contributed by atoms with Crippen LogP contribution in [0.15, 0.2) is 24.5 Å². The molecule has 0 radical (unpaired) electrons. The molecule has 0 unspecified atom stereocenters. The largest absolute Gasteiger partial charge is 0.444 e. The highest BCUT2D eigenvalue weighted by Crippen LogP contribution is 2.24. The van der Waals surface area contributed by atoms with Gasteiger partial charge in [-0.1, -0.05) is 25.3 Å². The average molecular weight is 347 g/mol. The molecule has 138 valence electrons. The molecule has 6 nitrogen and oxygen atoms in total. The number of carbonyl (C=O) groups excluding carboxylic acids is 2. The van der Waals surface area contributed by atoms with E-state index >= 15 is 0 Å². The van der Waals surface area contributed by atoms with Gasteiger partial charge in [0.25, 0.3) is 0 Å². The molecule has 1 aromatic heterocycles. The van der Waals surface area contributed by atoms with Gasteiger partial charge in [0.15, 0.2) is 0 Å². The average Bonchev–Trinajstić information content (AvgIpc) is 2.77. The zero-order valence-corrected chi connectivity index (χ0v) is 15.4. The van der Waals surface area contributed by atoms with Crippen molar-refractivity contribution in [2.24, 2.45) is 5.92 Å². The van der Waals surface area contributed by atoms with Crippen molar-refractivity contribution in [1.82, 2.24) is 15.6 Å². The minimum atomic E-state index is -0.549. The normalized spacial score (nSPS) is 21.1. The molecule has 1 aliphatic carbocycles. The third-order valence-electron chi connectivity index (χ3n) is 4.24. The fraction of sp³-hybridized carbons (Fsp3) is 0.632. The Kier molecular flexibility index (Phi) is 6.79. The molecule has 2 amide bonds. The molecular weight excluding hydrogens is 318 g/mol. The topological polar surface area (TPSA) is 80.3 Å². The number of alkyl carbamates (subject to hydrolysis) is 1. The summed E-state index contributed by atoms with van der Waals surface area (Å²) in [6, 6.07) is 3.59. The second-order valence-electron chi connectivity index (χ2n) is 7.58. The lowest BCUT2D eigenvalue weighted by molar-refractivity contribution is -0.126. The van der Waals surface area contributed by atoms with Gasteiger partial charge < -0.3 is 15.4 Å². The van der Waals surface area contributed by atoms with Gasteiger partial charge in [-0.05, 0) is 45.2 Å². The summed E-state index contributed by atoms with van der Waals surface area (Å²) < 4.78 is 5.35. The fourth-order valence-electron chi connectivity index (χ4n) is 3.08. The zero-order valence-electron chi connectivity index (χ0n) is 15.4. The fourth-order valence-corrected chi connectivity index (χ4v) is 3.08. The van der Waals surface area contributed by atoms with Crippen LogP contribution < -0.4 is 10.6 Å². The number of amides is 2. The summed E-state index contributed by atoms with van der Waals surface area (Å²) in [6.45, 7) is 5.94. The van der Waals surface area contributed by atoms with E-state index in [0.29, 0.717) is 6.54 Å². The number of nitrogens with one attached hydrogen (secondary N) is 2. The Morgan fingerprint density at radius 1 is 1.24 bits per heavy atom. The first kappa shape index (κ1) is 19.2. The molecule has 1 saturated carbocycles. The lowest BCUT2D eigenvalue weighted by Crippen LogP contribution is -2.47. The Balaban J connectivity index is 1.96. The van der Waals surface area contributed by atoms with Crippen LogP contribution in [0.2, 0.25) is 0 Å². The molecule has 0 saturated heterocycles. The van der Waals surface area contributed by atoms with Crippen molar-refractivity contribution in [3.63, 3.8) is 0 Å². The van der Waals surface area contributed by atoms with E-state index in [9.17, 15) is 9.59 Å². The van der Waals surface area contributed by atoms with Crippen LogP contribution in [0, 0.1) is 5.92 Å². The van der Waals surface area contributed by atoms with Crippen LogP contribution >= 0.6 is 0 Å². The Morgan fingerprint density at radius 2 is 2.00 bits per heavy atom. The Hall–Kier alpha value is -2.11. The minimum Gasteiger partial charge on any atom is -0.444 e. The summed E-state index contributed by atoms with van der Waals surface area (Å²) in [4.78, 5) is 28.8. The number of hydrogen-bond donors (Lipinski definition) is 2. The van der Waals surface area contributed by atoms with Gasteiger partial charge in [-0.15, -0.1) is 0 Å². The monoisotopic (exact) mass is 347 g/mol. The first-order valence-electron chi connectivity index (χ1n) is 9.01. The molecule has 2 rings (SSSR count). The van der Waals surface area contributed by atoms with Crippen LogP contribution in [0.1, 0.15) is 58.4 Å². The van der Waals surface area contributed by atoms with E-state index in [-0.39, 0.29) is 17.9 Å². The third-order valence-corrected chi connectivity index (χ3v) is 4.24. The molecule has 25 heavy (non-hydrogen) atoms. The second kappa shape index (κ2) is 8.83. The highest BCUT2D eigenvalue weighted by atomic mass is 16.6. The van der Waals surface area contributed by atoms with Crippen molar-refractivity contribution in [3.8, 4) is 0 Å². The van der Waals surface area contributed by atoms with Crippen molar-refractivity contribution >= 4 is 12.0 Å². The van der Waals surface area contributed by atoms with Crippen LogP contribution in [0.25, 0.3) is 0 Å². The molecule has 1 aromatic rings. The van der Waals surface area contributed by atoms with Crippen LogP contribution in [0.4, 0.5) is 4.79 Å². The maximum absolute atomic E-state index is 12.7. The molecular formula is C19H29N3O3. The van der Waals surface area contributed by atoms with Crippen LogP contribution in [0.3, 0.4) is 0 Å². The van der Waals surface area contributed by atoms with E-state index < -0.39 is 11.7 Å². The first-order valence-corrected chi connectivity index (χ1v) is 9.01. The number of pyridine rings is 1. The Bertz CT molecular complexity index is 569. The van der Waals surface area contributed by atoms with Crippen molar-refractivity contribution < 1.29 is 14.3 Å². The lowest BCUT2D eigenvalue weighted by atomic mass is 9.93. The van der Waals surface area contributed by atoms with Gasteiger partial charge in [-0.2, -0.15) is 0 Å². The number of aromatic nitrogens is 1. The molecule has 1 fully saturated rings. The van der Waals surface area contributed by atoms with E-state index in [1.807, 2.05) is 32.9 Å².